The largest absolute Gasteiger partial charge is 0.481 e. The van der Waals surface area contributed by atoms with Gasteiger partial charge in [-0.25, -0.2) is 12.4 Å². The van der Waals surface area contributed by atoms with Crippen LogP contribution < -0.4 is 5.73 Å². The van der Waals surface area contributed by atoms with Gasteiger partial charge in [-0.1, -0.05) is 43.7 Å². The molecule has 0 bridgehead atoms. The molecule has 0 radical (unpaired) electrons. The number of hydrogen-bond donors (Lipinski definition) is 2. The highest BCUT2D eigenvalue weighted by Gasteiger charge is 2.14. The van der Waals surface area contributed by atoms with E-state index in [1.807, 2.05) is 13.0 Å². The van der Waals surface area contributed by atoms with E-state index >= 15 is 0 Å². The number of carbonyl (C=O) groups is 1. The molecule has 0 spiro atoms. The number of nitrogen functional groups attached to an aromatic ring is 1. The summed E-state index contributed by atoms with van der Waals surface area (Å²) in [6, 6.07) is 12.3. The van der Waals surface area contributed by atoms with Crippen LogP contribution in [0.1, 0.15) is 25.8 Å². The summed E-state index contributed by atoms with van der Waals surface area (Å²) in [6.45, 7) is 3.56. The molecule has 4 rings (SSSR count). The fourth-order valence-corrected chi connectivity index (χ4v) is 4.35. The highest BCUT2D eigenvalue weighted by molar-refractivity contribution is 7.90. The van der Waals surface area contributed by atoms with Crippen molar-refractivity contribution in [3.8, 4) is 0 Å². The third-order valence-electron chi connectivity index (χ3n) is 5.00. The van der Waals surface area contributed by atoms with E-state index in [9.17, 15) is 13.2 Å². The van der Waals surface area contributed by atoms with Crippen LogP contribution in [0.25, 0.3) is 28.1 Å². The molecule has 0 saturated heterocycles. The Balaban J connectivity index is 0.000000383. The summed E-state index contributed by atoms with van der Waals surface area (Å²) in [5, 5.41) is 9.52. The Morgan fingerprint density at radius 2 is 2.03 bits per heavy atom. The predicted molar refractivity (Wildman–Crippen MR) is 131 cm³/mol. The van der Waals surface area contributed by atoms with Crippen molar-refractivity contribution >= 4 is 61.7 Å². The molecule has 2 aromatic heterocycles. The minimum Gasteiger partial charge on any atom is -0.481 e. The van der Waals surface area contributed by atoms with Crippen molar-refractivity contribution in [1.82, 2.24) is 8.96 Å². The molecule has 1 unspecified atom stereocenters. The number of hydrogen-bond acceptors (Lipinski definition) is 6. The van der Waals surface area contributed by atoms with Crippen LogP contribution in [-0.4, -0.2) is 34.2 Å². The number of oxazole rings is 1. The number of aromatic nitrogens is 2. The monoisotopic (exact) mass is 489 g/mol. The van der Waals surface area contributed by atoms with Crippen molar-refractivity contribution in [3.05, 3.63) is 65.3 Å². The predicted octanol–water partition coefficient (Wildman–Crippen LogP) is 5.03. The van der Waals surface area contributed by atoms with Gasteiger partial charge in [0, 0.05) is 16.6 Å². The summed E-state index contributed by atoms with van der Waals surface area (Å²) in [5.41, 5.74) is 8.13. The number of carboxylic acid groups (broad SMARTS) is 1. The molecule has 0 aliphatic rings. The van der Waals surface area contributed by atoms with Gasteiger partial charge in [-0.2, -0.15) is 4.98 Å². The Kier molecular flexibility index (Phi) is 7.45. The summed E-state index contributed by atoms with van der Waals surface area (Å²) < 4.78 is 31.8. The summed E-state index contributed by atoms with van der Waals surface area (Å²) in [6.07, 6.45) is 5.57. The number of fused-ring (bicyclic) bond motifs is 2. The van der Waals surface area contributed by atoms with Crippen molar-refractivity contribution in [2.75, 3.05) is 11.5 Å². The van der Waals surface area contributed by atoms with Crippen molar-refractivity contribution in [2.45, 2.75) is 20.3 Å². The van der Waals surface area contributed by atoms with Gasteiger partial charge < -0.3 is 15.3 Å². The second kappa shape index (κ2) is 10.1. The summed E-state index contributed by atoms with van der Waals surface area (Å²) in [5.74, 6) is -1.03. The van der Waals surface area contributed by atoms with Gasteiger partial charge in [-0.05, 0) is 48.4 Å². The van der Waals surface area contributed by atoms with Crippen LogP contribution in [-0.2, 0) is 14.8 Å². The number of carboxylic acids is 1. The number of nitrogens with zero attached hydrogens (tertiary/aromatic N) is 2. The quantitative estimate of drug-likeness (QED) is 0.388. The molecule has 10 heteroatoms. The van der Waals surface area contributed by atoms with Gasteiger partial charge in [0.1, 0.15) is 5.52 Å². The lowest BCUT2D eigenvalue weighted by molar-refractivity contribution is -0.141. The number of benzene rings is 2. The lowest BCUT2D eigenvalue weighted by Crippen LogP contribution is -2.14. The van der Waals surface area contributed by atoms with Crippen molar-refractivity contribution in [1.29, 1.82) is 0 Å². The second-order valence-corrected chi connectivity index (χ2v) is 9.75. The van der Waals surface area contributed by atoms with E-state index in [1.54, 1.807) is 55.5 Å². The van der Waals surface area contributed by atoms with E-state index in [-0.39, 0.29) is 17.7 Å². The Morgan fingerprint density at radius 1 is 1.27 bits per heavy atom. The van der Waals surface area contributed by atoms with Crippen LogP contribution >= 0.6 is 11.6 Å². The first-order valence-electron chi connectivity index (χ1n) is 10.2. The maximum atomic E-state index is 12.6. The number of rotatable bonds is 6. The molecule has 1 atom stereocenters. The minimum absolute atomic E-state index is 0.100. The number of halogens is 1. The molecule has 3 N–H and O–H groups in total. The second-order valence-electron chi connectivity index (χ2n) is 7.42. The molecule has 0 aliphatic carbocycles. The molecule has 0 fully saturated rings. The van der Waals surface area contributed by atoms with E-state index < -0.39 is 16.0 Å². The van der Waals surface area contributed by atoms with Crippen LogP contribution in [0.5, 0.6) is 0 Å². The summed E-state index contributed by atoms with van der Waals surface area (Å²) in [4.78, 5) is 14.0. The number of aliphatic carboxylic acids is 1. The molecule has 0 saturated carbocycles. The average molecular weight is 490 g/mol. The lowest BCUT2D eigenvalue weighted by atomic mass is 10.1. The molecule has 33 heavy (non-hydrogen) atoms. The van der Waals surface area contributed by atoms with Crippen LogP contribution in [0.4, 0.5) is 6.01 Å². The molecular weight excluding hydrogens is 466 g/mol. The van der Waals surface area contributed by atoms with Crippen molar-refractivity contribution in [2.24, 2.45) is 5.92 Å². The summed E-state index contributed by atoms with van der Waals surface area (Å²) >= 11 is 5.95. The molecule has 0 aliphatic heterocycles. The van der Waals surface area contributed by atoms with E-state index in [0.717, 1.165) is 17.4 Å². The van der Waals surface area contributed by atoms with Gasteiger partial charge in [0.2, 0.25) is 10.0 Å². The zero-order chi connectivity index (χ0) is 24.2. The van der Waals surface area contributed by atoms with E-state index in [1.165, 1.54) is 10.2 Å². The lowest BCUT2D eigenvalue weighted by Gasteiger charge is -2.05. The molecule has 174 valence electrons. The third-order valence-corrected chi connectivity index (χ3v) is 6.76. The fraction of sp³-hybridized carbons (Fsp3) is 0.217. The van der Waals surface area contributed by atoms with Crippen LogP contribution in [0.3, 0.4) is 0 Å². The van der Waals surface area contributed by atoms with Crippen LogP contribution in [0.15, 0.2) is 59.2 Å². The third kappa shape index (κ3) is 5.94. The van der Waals surface area contributed by atoms with E-state index in [0.29, 0.717) is 21.6 Å². The van der Waals surface area contributed by atoms with Crippen molar-refractivity contribution in [3.63, 3.8) is 0 Å². The first-order valence-corrected chi connectivity index (χ1v) is 12.1. The maximum absolute atomic E-state index is 12.6. The standard InChI is InChI=1S/C18H14ClN3O3S.C5H10O2/c19-14-4-6-16-13(11-14)7-8-22(16)26(23,24)9-1-2-12-3-5-15-17(10-12)25-18(20)21-15;1-3-4(2)5(6)7/h1-8,10-11H,9H2,(H2,20,21);4H,3H2,1-2H3,(H,6,7). The van der Waals surface area contributed by atoms with E-state index in [4.69, 9.17) is 26.9 Å². The highest BCUT2D eigenvalue weighted by atomic mass is 35.5. The number of anilines is 1. The topological polar surface area (TPSA) is 128 Å². The van der Waals surface area contributed by atoms with Gasteiger partial charge >= 0.3 is 5.97 Å². The van der Waals surface area contributed by atoms with Gasteiger partial charge in [0.15, 0.2) is 5.58 Å². The Bertz CT molecular complexity index is 1420. The zero-order valence-electron chi connectivity index (χ0n) is 18.1. The zero-order valence-corrected chi connectivity index (χ0v) is 19.7. The average Bonchev–Trinajstić information content (AvgIpc) is 3.35. The van der Waals surface area contributed by atoms with Crippen LogP contribution in [0.2, 0.25) is 5.02 Å². The highest BCUT2D eigenvalue weighted by Crippen LogP contribution is 2.22. The molecule has 2 aromatic carbocycles. The van der Waals surface area contributed by atoms with Gasteiger partial charge in [-0.3, -0.25) is 4.79 Å². The molecule has 2 heterocycles. The fourth-order valence-electron chi connectivity index (χ4n) is 2.95. The Hall–Kier alpha value is -3.30. The van der Waals surface area contributed by atoms with E-state index in [2.05, 4.69) is 4.98 Å². The van der Waals surface area contributed by atoms with Gasteiger partial charge in [0.25, 0.3) is 6.01 Å². The molecule has 0 amide bonds. The normalized spacial score (nSPS) is 12.7. The van der Waals surface area contributed by atoms with Gasteiger partial charge in [0.05, 0.1) is 17.2 Å². The molecule has 8 nitrogen and oxygen atoms in total. The first-order chi connectivity index (χ1) is 15.6. The number of nitrogens with two attached hydrogens (primary N) is 1. The summed E-state index contributed by atoms with van der Waals surface area (Å²) in [7, 11) is -3.53. The van der Waals surface area contributed by atoms with Crippen molar-refractivity contribution < 1.29 is 22.7 Å². The molecule has 4 aromatic rings. The smallest absolute Gasteiger partial charge is 0.306 e. The Labute approximate surface area is 196 Å². The molecular formula is C23H24ClN3O5S. The SMILES string of the molecule is CCC(C)C(=O)O.Nc1nc2ccc(C=CCS(=O)(=O)n3ccc4cc(Cl)ccc43)cc2o1. The van der Waals surface area contributed by atoms with Crippen LogP contribution in [0, 0.1) is 5.92 Å². The van der Waals surface area contributed by atoms with Gasteiger partial charge in [-0.15, -0.1) is 0 Å². The minimum atomic E-state index is -3.53. The Morgan fingerprint density at radius 3 is 2.70 bits per heavy atom. The first kappa shape index (κ1) is 24.3. The maximum Gasteiger partial charge on any atom is 0.306 e.